The first-order valence-electron chi connectivity index (χ1n) is 5.75. The van der Waals surface area contributed by atoms with Gasteiger partial charge in [-0.15, -0.1) is 0 Å². The molecule has 1 unspecified atom stereocenters. The second-order valence-corrected chi connectivity index (χ2v) is 4.21. The molecule has 0 amide bonds. The van der Waals surface area contributed by atoms with Gasteiger partial charge in [0.2, 0.25) is 0 Å². The van der Waals surface area contributed by atoms with Gasteiger partial charge in [-0.1, -0.05) is 12.5 Å². The van der Waals surface area contributed by atoms with Gasteiger partial charge in [0, 0.05) is 18.3 Å². The van der Waals surface area contributed by atoms with Crippen LogP contribution in [0.4, 0.5) is 5.82 Å². The molecule has 3 heteroatoms. The molecule has 15 heavy (non-hydrogen) atoms. The maximum absolute atomic E-state index is 4.46. The maximum atomic E-state index is 4.46. The van der Waals surface area contributed by atoms with Crippen LogP contribution in [0.25, 0.3) is 0 Å². The third-order valence-corrected chi connectivity index (χ3v) is 2.79. The van der Waals surface area contributed by atoms with Gasteiger partial charge < -0.3 is 10.6 Å². The number of hydrogen-bond donors (Lipinski definition) is 2. The Morgan fingerprint density at radius 1 is 1.40 bits per heavy atom. The van der Waals surface area contributed by atoms with Crippen molar-refractivity contribution in [2.75, 3.05) is 18.4 Å². The Bertz CT molecular complexity index is 303. The number of aromatic nitrogens is 1. The molecule has 1 aliphatic heterocycles. The van der Waals surface area contributed by atoms with Crippen LogP contribution in [0.1, 0.15) is 25.0 Å². The van der Waals surface area contributed by atoms with Crippen LogP contribution >= 0.6 is 0 Å². The smallest absolute Gasteiger partial charge is 0.126 e. The molecule has 1 aromatic rings. The fourth-order valence-electron chi connectivity index (χ4n) is 1.97. The summed E-state index contributed by atoms with van der Waals surface area (Å²) >= 11 is 0. The molecule has 2 N–H and O–H groups in total. The predicted molar refractivity (Wildman–Crippen MR) is 63.1 cm³/mol. The molecule has 2 heterocycles. The van der Waals surface area contributed by atoms with E-state index >= 15 is 0 Å². The van der Waals surface area contributed by atoms with E-state index in [-0.39, 0.29) is 0 Å². The van der Waals surface area contributed by atoms with Crippen LogP contribution in [0.15, 0.2) is 18.2 Å². The highest BCUT2D eigenvalue weighted by atomic mass is 15.0. The zero-order valence-corrected chi connectivity index (χ0v) is 9.29. The van der Waals surface area contributed by atoms with Gasteiger partial charge in [-0.05, 0) is 38.4 Å². The summed E-state index contributed by atoms with van der Waals surface area (Å²) in [5, 5.41) is 6.93. The number of pyridine rings is 1. The van der Waals surface area contributed by atoms with Crippen LogP contribution < -0.4 is 10.6 Å². The minimum absolute atomic E-state index is 0.529. The number of nitrogens with one attached hydrogen (secondary N) is 2. The summed E-state index contributed by atoms with van der Waals surface area (Å²) in [7, 11) is 0. The zero-order valence-electron chi connectivity index (χ0n) is 9.29. The van der Waals surface area contributed by atoms with Crippen molar-refractivity contribution in [3.05, 3.63) is 23.9 Å². The van der Waals surface area contributed by atoms with Crippen molar-refractivity contribution in [2.24, 2.45) is 0 Å². The van der Waals surface area contributed by atoms with Crippen LogP contribution in [-0.2, 0) is 0 Å². The number of nitrogens with zero attached hydrogens (tertiary/aromatic N) is 1. The van der Waals surface area contributed by atoms with E-state index in [1.54, 1.807) is 0 Å². The van der Waals surface area contributed by atoms with Gasteiger partial charge in [0.05, 0.1) is 0 Å². The minimum Gasteiger partial charge on any atom is -0.366 e. The van der Waals surface area contributed by atoms with Crippen LogP contribution in [0.5, 0.6) is 0 Å². The lowest BCUT2D eigenvalue weighted by molar-refractivity contribution is 0.633. The first-order chi connectivity index (χ1) is 7.34. The molecule has 2 rings (SSSR count). The van der Waals surface area contributed by atoms with Crippen LogP contribution in [0.3, 0.4) is 0 Å². The maximum Gasteiger partial charge on any atom is 0.126 e. The second kappa shape index (κ2) is 5.12. The average molecular weight is 205 g/mol. The van der Waals surface area contributed by atoms with E-state index < -0.39 is 0 Å². The highest BCUT2D eigenvalue weighted by Gasteiger charge is 2.11. The van der Waals surface area contributed by atoms with Crippen molar-refractivity contribution in [1.82, 2.24) is 10.3 Å². The molecule has 82 valence electrons. The lowest BCUT2D eigenvalue weighted by atomic mass is 10.1. The quantitative estimate of drug-likeness (QED) is 0.775. The largest absolute Gasteiger partial charge is 0.366 e. The second-order valence-electron chi connectivity index (χ2n) is 4.21. The summed E-state index contributed by atoms with van der Waals surface area (Å²) in [4.78, 5) is 4.46. The standard InChI is InChI=1S/C12H19N3/c1-10-5-4-7-12(14-10)15-11-6-2-3-8-13-9-11/h4-5,7,11,13H,2-3,6,8-9H2,1H3,(H,14,15). The van der Waals surface area contributed by atoms with E-state index in [2.05, 4.69) is 21.7 Å². The molecule has 0 spiro atoms. The molecule has 1 saturated heterocycles. The van der Waals surface area contributed by atoms with Crippen molar-refractivity contribution < 1.29 is 0 Å². The Labute approximate surface area is 91.3 Å². The van der Waals surface area contributed by atoms with Crippen molar-refractivity contribution >= 4 is 5.82 Å². The number of aryl methyl sites for hydroxylation is 1. The van der Waals surface area contributed by atoms with Crippen molar-refractivity contribution in [2.45, 2.75) is 32.2 Å². The van der Waals surface area contributed by atoms with Crippen LogP contribution in [0, 0.1) is 6.92 Å². The van der Waals surface area contributed by atoms with E-state index in [9.17, 15) is 0 Å². The fraction of sp³-hybridized carbons (Fsp3) is 0.583. The van der Waals surface area contributed by atoms with Crippen LogP contribution in [-0.4, -0.2) is 24.1 Å². The normalized spacial score (nSPS) is 22.1. The molecule has 0 aliphatic carbocycles. The summed E-state index contributed by atoms with van der Waals surface area (Å²) in [6, 6.07) is 6.64. The summed E-state index contributed by atoms with van der Waals surface area (Å²) in [6.07, 6.45) is 3.83. The fourth-order valence-corrected chi connectivity index (χ4v) is 1.97. The Morgan fingerprint density at radius 3 is 3.20 bits per heavy atom. The number of rotatable bonds is 2. The van der Waals surface area contributed by atoms with E-state index in [0.29, 0.717) is 6.04 Å². The molecule has 1 aliphatic rings. The van der Waals surface area contributed by atoms with Gasteiger partial charge in [0.25, 0.3) is 0 Å². The Morgan fingerprint density at radius 2 is 2.33 bits per heavy atom. The predicted octanol–water partition coefficient (Wildman–Crippen LogP) is 1.94. The molecular weight excluding hydrogens is 186 g/mol. The SMILES string of the molecule is Cc1cccc(NC2CCCCNC2)n1. The van der Waals surface area contributed by atoms with Gasteiger partial charge >= 0.3 is 0 Å². The number of anilines is 1. The lowest BCUT2D eigenvalue weighted by Gasteiger charge is -2.17. The van der Waals surface area contributed by atoms with E-state index in [4.69, 9.17) is 0 Å². The van der Waals surface area contributed by atoms with E-state index in [1.165, 1.54) is 19.3 Å². The summed E-state index contributed by atoms with van der Waals surface area (Å²) in [6.45, 7) is 4.23. The highest BCUT2D eigenvalue weighted by Crippen LogP contribution is 2.11. The molecule has 1 aromatic heterocycles. The van der Waals surface area contributed by atoms with Crippen molar-refractivity contribution in [3.63, 3.8) is 0 Å². The van der Waals surface area contributed by atoms with Gasteiger partial charge in [-0.25, -0.2) is 4.98 Å². The molecule has 0 saturated carbocycles. The van der Waals surface area contributed by atoms with Crippen LogP contribution in [0.2, 0.25) is 0 Å². The Balaban J connectivity index is 1.95. The molecule has 3 nitrogen and oxygen atoms in total. The highest BCUT2D eigenvalue weighted by molar-refractivity contribution is 5.36. The zero-order chi connectivity index (χ0) is 10.5. The first-order valence-corrected chi connectivity index (χ1v) is 5.75. The van der Waals surface area contributed by atoms with Crippen molar-refractivity contribution in [1.29, 1.82) is 0 Å². The minimum atomic E-state index is 0.529. The lowest BCUT2D eigenvalue weighted by Crippen LogP contribution is -2.31. The van der Waals surface area contributed by atoms with Gasteiger partial charge in [0.1, 0.15) is 5.82 Å². The Hall–Kier alpha value is -1.09. The van der Waals surface area contributed by atoms with E-state index in [1.807, 2.05) is 19.1 Å². The Kier molecular flexibility index (Phi) is 3.56. The molecule has 0 bridgehead atoms. The summed E-state index contributed by atoms with van der Waals surface area (Å²) in [5.74, 6) is 1.00. The topological polar surface area (TPSA) is 37.0 Å². The van der Waals surface area contributed by atoms with Gasteiger partial charge in [-0.2, -0.15) is 0 Å². The number of hydrogen-bond acceptors (Lipinski definition) is 3. The van der Waals surface area contributed by atoms with Gasteiger partial charge in [-0.3, -0.25) is 0 Å². The van der Waals surface area contributed by atoms with Crippen molar-refractivity contribution in [3.8, 4) is 0 Å². The average Bonchev–Trinajstić information content (AvgIpc) is 2.46. The molecular formula is C12H19N3. The van der Waals surface area contributed by atoms with E-state index in [0.717, 1.165) is 24.6 Å². The molecule has 1 atom stereocenters. The molecule has 1 fully saturated rings. The molecule has 0 aromatic carbocycles. The third-order valence-electron chi connectivity index (χ3n) is 2.79. The monoisotopic (exact) mass is 205 g/mol. The van der Waals surface area contributed by atoms with Gasteiger partial charge in [0.15, 0.2) is 0 Å². The summed E-state index contributed by atoms with van der Waals surface area (Å²) in [5.41, 5.74) is 1.07. The summed E-state index contributed by atoms with van der Waals surface area (Å²) < 4.78 is 0. The third kappa shape index (κ3) is 3.20. The first kappa shape index (κ1) is 10.4. The molecule has 0 radical (unpaired) electrons.